The predicted molar refractivity (Wildman–Crippen MR) is 73.9 cm³/mol. The van der Waals surface area contributed by atoms with Gasteiger partial charge in [0.05, 0.1) is 18.9 Å². The Morgan fingerprint density at radius 2 is 2.10 bits per heavy atom. The van der Waals surface area contributed by atoms with Gasteiger partial charge in [0.25, 0.3) is 0 Å². The molecule has 0 aliphatic carbocycles. The lowest BCUT2D eigenvalue weighted by Crippen LogP contribution is -2.07. The SMILES string of the molecule is CCOP(=O)(OCC)/C(C#N)=N/Nc1cccc(F)c1. The van der Waals surface area contributed by atoms with Gasteiger partial charge in [-0.05, 0) is 32.0 Å². The Balaban J connectivity index is 2.96. The molecule has 1 N–H and O–H groups in total. The lowest BCUT2D eigenvalue weighted by Gasteiger charge is -2.14. The Kier molecular flexibility index (Phi) is 6.32. The summed E-state index contributed by atoms with van der Waals surface area (Å²) < 4.78 is 35.3. The molecule has 0 atom stereocenters. The molecular weight excluding hydrogens is 284 g/mol. The van der Waals surface area contributed by atoms with Gasteiger partial charge < -0.3 is 9.05 Å². The Bertz CT molecular complexity index is 561. The van der Waals surface area contributed by atoms with Crippen molar-refractivity contribution in [3.63, 3.8) is 0 Å². The Hall–Kier alpha value is -1.74. The van der Waals surface area contributed by atoms with E-state index in [1.54, 1.807) is 26.0 Å². The molecule has 0 spiro atoms. The molecule has 0 heterocycles. The maximum Gasteiger partial charge on any atom is 0.392 e. The Labute approximate surface area is 116 Å². The van der Waals surface area contributed by atoms with Crippen molar-refractivity contribution < 1.29 is 18.0 Å². The molecule has 1 rings (SSSR count). The van der Waals surface area contributed by atoms with E-state index in [2.05, 4.69) is 10.5 Å². The molecule has 0 aliphatic rings. The number of nitrogens with one attached hydrogen (secondary N) is 1. The minimum absolute atomic E-state index is 0.109. The highest BCUT2D eigenvalue weighted by Gasteiger charge is 2.32. The van der Waals surface area contributed by atoms with E-state index in [1.165, 1.54) is 18.2 Å². The number of hydrogen-bond acceptors (Lipinski definition) is 6. The quantitative estimate of drug-likeness (QED) is 0.474. The average Bonchev–Trinajstić information content (AvgIpc) is 2.40. The number of nitrogens with zero attached hydrogens (tertiary/aromatic N) is 2. The molecule has 108 valence electrons. The maximum absolute atomic E-state index is 13.0. The monoisotopic (exact) mass is 299 g/mol. The van der Waals surface area contributed by atoms with Crippen LogP contribution in [-0.2, 0) is 13.6 Å². The zero-order valence-electron chi connectivity index (χ0n) is 11.2. The number of hydrazone groups is 1. The summed E-state index contributed by atoms with van der Waals surface area (Å²) in [6, 6.07) is 7.16. The second-order valence-corrected chi connectivity index (χ2v) is 5.44. The first-order valence-corrected chi connectivity index (χ1v) is 7.49. The van der Waals surface area contributed by atoms with Crippen molar-refractivity contribution in [1.29, 1.82) is 5.26 Å². The first kappa shape index (κ1) is 16.3. The van der Waals surface area contributed by atoms with Gasteiger partial charge in [0.1, 0.15) is 11.9 Å². The van der Waals surface area contributed by atoms with Crippen LogP contribution >= 0.6 is 7.60 Å². The molecule has 0 radical (unpaired) electrons. The van der Waals surface area contributed by atoms with E-state index < -0.39 is 18.9 Å². The van der Waals surface area contributed by atoms with Gasteiger partial charge in [-0.3, -0.25) is 9.99 Å². The minimum atomic E-state index is -3.75. The molecule has 0 saturated carbocycles. The van der Waals surface area contributed by atoms with Gasteiger partial charge in [-0.1, -0.05) is 6.07 Å². The van der Waals surface area contributed by atoms with Crippen molar-refractivity contribution in [2.45, 2.75) is 13.8 Å². The summed E-state index contributed by atoms with van der Waals surface area (Å²) in [7, 11) is -3.75. The van der Waals surface area contributed by atoms with Gasteiger partial charge in [0, 0.05) is 0 Å². The van der Waals surface area contributed by atoms with E-state index in [0.717, 1.165) is 0 Å². The Morgan fingerprint density at radius 3 is 2.60 bits per heavy atom. The third-order valence-corrected chi connectivity index (χ3v) is 3.99. The van der Waals surface area contributed by atoms with Gasteiger partial charge in [-0.25, -0.2) is 4.39 Å². The predicted octanol–water partition coefficient (Wildman–Crippen LogP) is 3.34. The highest BCUT2D eigenvalue weighted by Crippen LogP contribution is 2.49. The lowest BCUT2D eigenvalue weighted by atomic mass is 10.3. The third-order valence-electron chi connectivity index (χ3n) is 2.07. The average molecular weight is 299 g/mol. The van der Waals surface area contributed by atoms with E-state index in [4.69, 9.17) is 14.3 Å². The molecule has 6 nitrogen and oxygen atoms in total. The van der Waals surface area contributed by atoms with Crippen LogP contribution < -0.4 is 5.43 Å². The fourth-order valence-electron chi connectivity index (χ4n) is 1.32. The molecule has 20 heavy (non-hydrogen) atoms. The van der Waals surface area contributed by atoms with E-state index in [1.807, 2.05) is 0 Å². The highest BCUT2D eigenvalue weighted by atomic mass is 31.2. The summed E-state index contributed by atoms with van der Waals surface area (Å²) >= 11 is 0. The summed E-state index contributed by atoms with van der Waals surface area (Å²) in [5.74, 6) is -0.457. The number of anilines is 1. The molecule has 0 bridgehead atoms. The van der Waals surface area contributed by atoms with Crippen molar-refractivity contribution >= 4 is 18.7 Å². The van der Waals surface area contributed by atoms with Crippen molar-refractivity contribution in [2.24, 2.45) is 5.10 Å². The summed E-state index contributed by atoms with van der Waals surface area (Å²) in [5.41, 5.74) is 2.36. The van der Waals surface area contributed by atoms with Crippen molar-refractivity contribution in [2.75, 3.05) is 18.6 Å². The summed E-state index contributed by atoms with van der Waals surface area (Å²) in [6.07, 6.45) is 0. The van der Waals surface area contributed by atoms with Gasteiger partial charge in [0.15, 0.2) is 0 Å². The molecule has 0 amide bonds. The molecule has 0 unspecified atom stereocenters. The summed E-state index contributed by atoms with van der Waals surface area (Å²) in [5, 5.41) is 12.7. The molecule has 0 fully saturated rings. The number of nitriles is 1. The molecule has 8 heteroatoms. The van der Waals surface area contributed by atoms with Gasteiger partial charge in [0.2, 0.25) is 5.45 Å². The van der Waals surface area contributed by atoms with Crippen LogP contribution in [0.25, 0.3) is 0 Å². The normalized spacial score (nSPS) is 12.0. The van der Waals surface area contributed by atoms with E-state index in [-0.39, 0.29) is 13.2 Å². The van der Waals surface area contributed by atoms with Crippen molar-refractivity contribution in [3.8, 4) is 6.07 Å². The molecule has 0 saturated heterocycles. The zero-order chi connectivity index (χ0) is 15.0. The third kappa shape index (κ3) is 4.42. The molecular formula is C12H15FN3O3P. The molecule has 0 aliphatic heterocycles. The van der Waals surface area contributed by atoms with Crippen LogP contribution in [0.4, 0.5) is 10.1 Å². The van der Waals surface area contributed by atoms with Gasteiger partial charge in [-0.15, -0.1) is 0 Å². The first-order valence-electron chi connectivity index (χ1n) is 5.94. The second-order valence-electron chi connectivity index (χ2n) is 3.50. The van der Waals surface area contributed by atoms with Crippen LogP contribution in [0.1, 0.15) is 13.8 Å². The Morgan fingerprint density at radius 1 is 1.45 bits per heavy atom. The molecule has 1 aromatic carbocycles. The lowest BCUT2D eigenvalue weighted by molar-refractivity contribution is 0.232. The fourth-order valence-corrected chi connectivity index (χ4v) is 2.62. The zero-order valence-corrected chi connectivity index (χ0v) is 12.1. The standard InChI is InChI=1S/C12H15FN3O3P/c1-3-18-20(17,19-4-2)12(9-14)16-15-11-7-5-6-10(13)8-11/h5-8,15H,3-4H2,1-2H3/b16-12+. The molecule has 0 aromatic heterocycles. The molecule has 1 aromatic rings. The number of benzene rings is 1. The van der Waals surface area contributed by atoms with Crippen LogP contribution in [0, 0.1) is 17.1 Å². The smallest absolute Gasteiger partial charge is 0.304 e. The van der Waals surface area contributed by atoms with E-state index in [0.29, 0.717) is 5.69 Å². The number of hydrogen-bond donors (Lipinski definition) is 1. The van der Waals surface area contributed by atoms with Crippen LogP contribution in [0.5, 0.6) is 0 Å². The fraction of sp³-hybridized carbons (Fsp3) is 0.333. The highest BCUT2D eigenvalue weighted by molar-refractivity contribution is 7.73. The van der Waals surface area contributed by atoms with Crippen molar-refractivity contribution in [1.82, 2.24) is 0 Å². The van der Waals surface area contributed by atoms with Crippen LogP contribution in [0.15, 0.2) is 29.4 Å². The van der Waals surface area contributed by atoms with Crippen LogP contribution in [0.2, 0.25) is 0 Å². The topological polar surface area (TPSA) is 83.7 Å². The van der Waals surface area contributed by atoms with E-state index >= 15 is 0 Å². The van der Waals surface area contributed by atoms with Gasteiger partial charge >= 0.3 is 7.60 Å². The number of halogens is 1. The maximum atomic E-state index is 13.0. The van der Waals surface area contributed by atoms with Crippen molar-refractivity contribution in [3.05, 3.63) is 30.1 Å². The second kappa shape index (κ2) is 7.75. The van der Waals surface area contributed by atoms with Crippen LogP contribution in [0.3, 0.4) is 0 Å². The minimum Gasteiger partial charge on any atom is -0.304 e. The van der Waals surface area contributed by atoms with Crippen LogP contribution in [-0.4, -0.2) is 18.7 Å². The number of rotatable bonds is 7. The first-order chi connectivity index (χ1) is 9.55. The summed E-state index contributed by atoms with van der Waals surface area (Å²) in [4.78, 5) is 0. The largest absolute Gasteiger partial charge is 0.392 e. The van der Waals surface area contributed by atoms with E-state index in [9.17, 15) is 8.96 Å². The summed E-state index contributed by atoms with van der Waals surface area (Å²) in [6.45, 7) is 3.47. The van der Waals surface area contributed by atoms with Gasteiger partial charge in [-0.2, -0.15) is 10.4 Å².